The highest BCUT2D eigenvalue weighted by Crippen LogP contribution is 2.12. The number of piperidine rings is 1. The van der Waals surface area contributed by atoms with Gasteiger partial charge in [0.05, 0.1) is 19.6 Å². The van der Waals surface area contributed by atoms with Crippen molar-refractivity contribution in [3.05, 3.63) is 0 Å². The molecule has 4 nitrogen and oxygen atoms in total. The lowest BCUT2D eigenvalue weighted by Crippen LogP contribution is -2.44. The van der Waals surface area contributed by atoms with Crippen molar-refractivity contribution >= 4 is 5.97 Å². The van der Waals surface area contributed by atoms with Gasteiger partial charge in [0.15, 0.2) is 0 Å². The Labute approximate surface area is 78.3 Å². The fraction of sp³-hybridized carbons (Fsp3) is 0.889. The van der Waals surface area contributed by atoms with Crippen LogP contribution in [0.1, 0.15) is 25.7 Å². The van der Waals surface area contributed by atoms with E-state index >= 15 is 0 Å². The van der Waals surface area contributed by atoms with Gasteiger partial charge in [0.2, 0.25) is 0 Å². The number of hydrogen-bond donors (Lipinski definition) is 2. The second kappa shape index (κ2) is 5.19. The maximum Gasteiger partial charge on any atom is 0.308 e. The van der Waals surface area contributed by atoms with Crippen LogP contribution in [0.3, 0.4) is 0 Å². The quantitative estimate of drug-likeness (QED) is 0.613. The van der Waals surface area contributed by atoms with E-state index in [9.17, 15) is 9.90 Å². The lowest BCUT2D eigenvalue weighted by molar-refractivity contribution is -0.143. The number of aliphatic hydroxyl groups is 1. The Morgan fingerprint density at radius 2 is 2.46 bits per heavy atom. The van der Waals surface area contributed by atoms with Crippen LogP contribution in [-0.2, 0) is 9.53 Å². The van der Waals surface area contributed by atoms with E-state index in [1.54, 1.807) is 0 Å². The van der Waals surface area contributed by atoms with Crippen molar-refractivity contribution in [2.24, 2.45) is 0 Å². The van der Waals surface area contributed by atoms with E-state index < -0.39 is 6.10 Å². The SMILES string of the molecule is COC(=O)C[C@H](O)[C@@H]1CCCCN1. The molecule has 1 aliphatic rings. The molecule has 2 N–H and O–H groups in total. The van der Waals surface area contributed by atoms with Crippen LogP contribution in [0, 0.1) is 0 Å². The molecule has 2 atom stereocenters. The molecule has 13 heavy (non-hydrogen) atoms. The summed E-state index contributed by atoms with van der Waals surface area (Å²) < 4.78 is 4.48. The van der Waals surface area contributed by atoms with Crippen molar-refractivity contribution < 1.29 is 14.6 Å². The number of esters is 1. The molecule has 1 saturated heterocycles. The first-order valence-corrected chi connectivity index (χ1v) is 4.72. The minimum Gasteiger partial charge on any atom is -0.469 e. The highest BCUT2D eigenvalue weighted by Gasteiger charge is 2.23. The number of carbonyl (C=O) groups excluding carboxylic acids is 1. The first kappa shape index (κ1) is 10.5. The molecule has 1 heterocycles. The molecular formula is C9H17NO3. The standard InChI is InChI=1S/C9H17NO3/c1-13-9(12)6-8(11)7-4-2-3-5-10-7/h7-8,10-11H,2-6H2,1H3/t7-,8-/m0/s1. The third-order valence-corrected chi connectivity index (χ3v) is 2.42. The van der Waals surface area contributed by atoms with Gasteiger partial charge in [-0.2, -0.15) is 0 Å². The Hall–Kier alpha value is -0.610. The van der Waals surface area contributed by atoms with Gasteiger partial charge in [-0.1, -0.05) is 6.42 Å². The van der Waals surface area contributed by atoms with E-state index in [1.807, 2.05) is 0 Å². The summed E-state index contributed by atoms with van der Waals surface area (Å²) in [6.45, 7) is 0.933. The van der Waals surface area contributed by atoms with Gasteiger partial charge in [0, 0.05) is 6.04 Å². The van der Waals surface area contributed by atoms with E-state index in [0.29, 0.717) is 0 Å². The van der Waals surface area contributed by atoms with Crippen LogP contribution >= 0.6 is 0 Å². The monoisotopic (exact) mass is 187 g/mol. The number of ether oxygens (including phenoxy) is 1. The smallest absolute Gasteiger partial charge is 0.308 e. The van der Waals surface area contributed by atoms with E-state index in [2.05, 4.69) is 10.1 Å². The molecule has 4 heteroatoms. The first-order valence-electron chi connectivity index (χ1n) is 4.72. The number of hydrogen-bond acceptors (Lipinski definition) is 4. The Kier molecular flexibility index (Phi) is 4.18. The summed E-state index contributed by atoms with van der Waals surface area (Å²) in [6.07, 6.45) is 2.71. The molecular weight excluding hydrogens is 170 g/mol. The second-order valence-electron chi connectivity index (χ2n) is 3.40. The van der Waals surface area contributed by atoms with Crippen molar-refractivity contribution in [1.82, 2.24) is 5.32 Å². The summed E-state index contributed by atoms with van der Waals surface area (Å²) >= 11 is 0. The number of rotatable bonds is 3. The van der Waals surface area contributed by atoms with Crippen molar-refractivity contribution in [3.63, 3.8) is 0 Å². The predicted octanol–water partition coefficient (Wildman–Crippen LogP) is 0.0525. The van der Waals surface area contributed by atoms with Crippen LogP contribution in [0.5, 0.6) is 0 Å². The second-order valence-corrected chi connectivity index (χ2v) is 3.40. The van der Waals surface area contributed by atoms with E-state index in [1.165, 1.54) is 7.11 Å². The third kappa shape index (κ3) is 3.32. The molecule has 76 valence electrons. The highest BCUT2D eigenvalue weighted by molar-refractivity contribution is 5.69. The van der Waals surface area contributed by atoms with Gasteiger partial charge in [-0.3, -0.25) is 4.79 Å². The normalized spacial score (nSPS) is 25.2. The number of carbonyl (C=O) groups is 1. The van der Waals surface area contributed by atoms with Crippen molar-refractivity contribution in [1.29, 1.82) is 0 Å². The summed E-state index contributed by atoms with van der Waals surface area (Å²) in [7, 11) is 1.34. The number of aliphatic hydroxyl groups excluding tert-OH is 1. The zero-order valence-corrected chi connectivity index (χ0v) is 7.95. The van der Waals surface area contributed by atoms with Crippen LogP contribution in [0.2, 0.25) is 0 Å². The van der Waals surface area contributed by atoms with Crippen LogP contribution < -0.4 is 5.32 Å². The number of methoxy groups -OCH3 is 1. The molecule has 1 aliphatic heterocycles. The lowest BCUT2D eigenvalue weighted by Gasteiger charge is -2.27. The van der Waals surface area contributed by atoms with Crippen LogP contribution in [0.15, 0.2) is 0 Å². The number of nitrogens with one attached hydrogen (secondary N) is 1. The van der Waals surface area contributed by atoms with Crippen molar-refractivity contribution in [2.75, 3.05) is 13.7 Å². The molecule has 0 aromatic carbocycles. The van der Waals surface area contributed by atoms with Crippen molar-refractivity contribution in [3.8, 4) is 0 Å². The molecule has 0 radical (unpaired) electrons. The third-order valence-electron chi connectivity index (χ3n) is 2.42. The maximum absolute atomic E-state index is 10.9. The molecule has 0 spiro atoms. The van der Waals surface area contributed by atoms with Gasteiger partial charge >= 0.3 is 5.97 Å². The zero-order valence-electron chi connectivity index (χ0n) is 7.95. The van der Waals surface area contributed by atoms with Gasteiger partial charge in [-0.05, 0) is 19.4 Å². The Morgan fingerprint density at radius 3 is 3.00 bits per heavy atom. The van der Waals surface area contributed by atoms with Gasteiger partial charge < -0.3 is 15.2 Å². The topological polar surface area (TPSA) is 58.6 Å². The van der Waals surface area contributed by atoms with Crippen molar-refractivity contribution in [2.45, 2.75) is 37.8 Å². The van der Waals surface area contributed by atoms with E-state index in [4.69, 9.17) is 0 Å². The average molecular weight is 187 g/mol. The Balaban J connectivity index is 2.28. The molecule has 0 amide bonds. The minimum atomic E-state index is -0.604. The van der Waals surface area contributed by atoms with Crippen LogP contribution in [-0.4, -0.2) is 36.9 Å². The first-order chi connectivity index (χ1) is 6.24. The van der Waals surface area contributed by atoms with Gasteiger partial charge in [-0.15, -0.1) is 0 Å². The van der Waals surface area contributed by atoms with Crippen LogP contribution in [0.25, 0.3) is 0 Å². The fourth-order valence-corrected chi connectivity index (χ4v) is 1.60. The maximum atomic E-state index is 10.9. The summed E-state index contributed by atoms with van der Waals surface area (Å²) in [5, 5.41) is 12.8. The van der Waals surface area contributed by atoms with E-state index in [0.717, 1.165) is 25.8 Å². The predicted molar refractivity (Wildman–Crippen MR) is 48.3 cm³/mol. The summed E-state index contributed by atoms with van der Waals surface area (Å²) in [6, 6.07) is 0.0628. The molecule has 0 saturated carbocycles. The van der Waals surface area contributed by atoms with Crippen LogP contribution in [0.4, 0.5) is 0 Å². The summed E-state index contributed by atoms with van der Waals surface area (Å²) in [4.78, 5) is 10.9. The molecule has 0 aromatic heterocycles. The molecule has 0 aliphatic carbocycles. The van der Waals surface area contributed by atoms with E-state index in [-0.39, 0.29) is 18.4 Å². The van der Waals surface area contributed by atoms with Gasteiger partial charge in [0.1, 0.15) is 0 Å². The van der Waals surface area contributed by atoms with Gasteiger partial charge in [-0.25, -0.2) is 0 Å². The van der Waals surface area contributed by atoms with Gasteiger partial charge in [0.25, 0.3) is 0 Å². The zero-order chi connectivity index (χ0) is 9.68. The molecule has 1 rings (SSSR count). The lowest BCUT2D eigenvalue weighted by atomic mass is 9.98. The summed E-state index contributed by atoms with van der Waals surface area (Å²) in [5.74, 6) is -0.347. The molecule has 0 bridgehead atoms. The summed E-state index contributed by atoms with van der Waals surface area (Å²) in [5.41, 5.74) is 0. The Morgan fingerprint density at radius 1 is 1.69 bits per heavy atom. The molecule has 0 aromatic rings. The molecule has 0 unspecified atom stereocenters. The fourth-order valence-electron chi connectivity index (χ4n) is 1.60. The Bertz CT molecular complexity index is 166. The largest absolute Gasteiger partial charge is 0.469 e. The highest BCUT2D eigenvalue weighted by atomic mass is 16.5. The minimum absolute atomic E-state index is 0.0628. The molecule has 1 fully saturated rings. The average Bonchev–Trinajstić information content (AvgIpc) is 2.19.